The highest BCUT2D eigenvalue weighted by Gasteiger charge is 1.73. The Morgan fingerprint density at radius 3 is 0.895 bits per heavy atom. The SMILES string of the molecule is C.C.C.COCCOC.COCSC.COCSC. The van der Waals surface area contributed by atoms with Gasteiger partial charge in [0.1, 0.15) is 0 Å². The van der Waals surface area contributed by atoms with Crippen molar-refractivity contribution in [2.75, 3.05) is 66.0 Å². The summed E-state index contributed by atoms with van der Waals surface area (Å²) in [7, 11) is 6.69. The van der Waals surface area contributed by atoms with Crippen molar-refractivity contribution in [3.05, 3.63) is 0 Å². The highest BCUT2D eigenvalue weighted by Crippen LogP contribution is 1.87. The van der Waals surface area contributed by atoms with Crippen molar-refractivity contribution in [1.29, 1.82) is 0 Å². The summed E-state index contributed by atoms with van der Waals surface area (Å²) in [4.78, 5) is 0. The zero-order valence-corrected chi connectivity index (χ0v) is 12.9. The van der Waals surface area contributed by atoms with E-state index in [0.717, 1.165) is 11.9 Å². The van der Waals surface area contributed by atoms with Crippen LogP contribution in [-0.4, -0.2) is 66.0 Å². The Hall–Kier alpha value is 0.540. The molecule has 0 aliphatic heterocycles. The molecule has 6 heteroatoms. The summed E-state index contributed by atoms with van der Waals surface area (Å²) in [5.41, 5.74) is 0. The molecule has 19 heavy (non-hydrogen) atoms. The molecule has 0 heterocycles. The molecule has 0 spiro atoms. The van der Waals surface area contributed by atoms with E-state index in [2.05, 4.69) is 18.9 Å². The lowest BCUT2D eigenvalue weighted by molar-refractivity contribution is 0.103. The first-order valence-corrected chi connectivity index (χ1v) is 7.47. The fourth-order valence-electron chi connectivity index (χ4n) is 0.402. The van der Waals surface area contributed by atoms with Crippen LogP contribution in [0.25, 0.3) is 0 Å². The van der Waals surface area contributed by atoms with Crippen LogP contribution < -0.4 is 0 Å². The van der Waals surface area contributed by atoms with E-state index < -0.39 is 0 Å². The van der Waals surface area contributed by atoms with E-state index in [-0.39, 0.29) is 22.3 Å². The summed E-state index contributed by atoms with van der Waals surface area (Å²) in [6.07, 6.45) is 4.01. The Balaban J connectivity index is -0.0000000311. The standard InChI is InChI=1S/C4H10O2.2C3H8OS.3CH4/c1-5-3-4-6-2;2*1-4-3-5-2;;;/h3-4H2,1-2H3;2*3H2,1-2H3;3*1H4. The van der Waals surface area contributed by atoms with Crippen molar-refractivity contribution in [1.82, 2.24) is 0 Å². The maximum atomic E-state index is 4.66. The third-order valence-electron chi connectivity index (χ3n) is 0.963. The average molecular weight is 323 g/mol. The molecule has 126 valence electrons. The highest BCUT2D eigenvalue weighted by atomic mass is 32.2. The van der Waals surface area contributed by atoms with E-state index in [1.54, 1.807) is 52.0 Å². The van der Waals surface area contributed by atoms with Gasteiger partial charge in [0.05, 0.1) is 25.1 Å². The molecule has 0 aliphatic carbocycles. The van der Waals surface area contributed by atoms with Crippen LogP contribution in [0.15, 0.2) is 0 Å². The van der Waals surface area contributed by atoms with Crippen molar-refractivity contribution >= 4 is 23.5 Å². The predicted molar refractivity (Wildman–Crippen MR) is 94.7 cm³/mol. The lowest BCUT2D eigenvalue weighted by Crippen LogP contribution is -1.96. The predicted octanol–water partition coefficient (Wildman–Crippen LogP) is 4.09. The van der Waals surface area contributed by atoms with Crippen LogP contribution in [0.2, 0.25) is 0 Å². The van der Waals surface area contributed by atoms with Crippen LogP contribution in [0.3, 0.4) is 0 Å². The van der Waals surface area contributed by atoms with Gasteiger partial charge in [0.2, 0.25) is 0 Å². The number of thioether (sulfide) groups is 2. The first-order chi connectivity index (χ1) is 7.74. The van der Waals surface area contributed by atoms with Crippen molar-refractivity contribution < 1.29 is 18.9 Å². The summed E-state index contributed by atoms with van der Waals surface area (Å²) in [6.45, 7) is 1.38. The summed E-state index contributed by atoms with van der Waals surface area (Å²) in [5, 5.41) is 0. The van der Waals surface area contributed by atoms with Gasteiger partial charge in [-0.15, -0.1) is 23.5 Å². The Kier molecular flexibility index (Phi) is 99.0. The monoisotopic (exact) mass is 322 g/mol. The summed E-state index contributed by atoms with van der Waals surface area (Å²) >= 11 is 3.36. The highest BCUT2D eigenvalue weighted by molar-refractivity contribution is 7.98. The van der Waals surface area contributed by atoms with E-state index in [1.165, 1.54) is 0 Å². The first-order valence-electron chi connectivity index (χ1n) is 4.68. The normalized spacial score (nSPS) is 7.26. The molecule has 0 aromatic carbocycles. The molecule has 0 fully saturated rings. The molecule has 0 rings (SSSR count). The minimum atomic E-state index is 0. The summed E-state index contributed by atoms with van der Waals surface area (Å²) in [6, 6.07) is 0. The van der Waals surface area contributed by atoms with Crippen molar-refractivity contribution in [2.24, 2.45) is 0 Å². The third kappa shape index (κ3) is 89.2. The largest absolute Gasteiger partial charge is 0.382 e. The lowest BCUT2D eigenvalue weighted by atomic mass is 10.8. The Bertz CT molecular complexity index is 75.0. The molecule has 0 unspecified atom stereocenters. The molecule has 0 atom stereocenters. The Morgan fingerprint density at radius 2 is 0.842 bits per heavy atom. The average Bonchev–Trinajstić information content (AvgIpc) is 2.30. The van der Waals surface area contributed by atoms with Gasteiger partial charge in [-0.3, -0.25) is 0 Å². The molecule has 0 radical (unpaired) electrons. The van der Waals surface area contributed by atoms with Gasteiger partial charge in [-0.25, -0.2) is 0 Å². The molecule has 0 bridgehead atoms. The molecular weight excluding hydrogens is 284 g/mol. The van der Waals surface area contributed by atoms with Crippen LogP contribution in [0.4, 0.5) is 0 Å². The van der Waals surface area contributed by atoms with Gasteiger partial charge in [-0.05, 0) is 12.5 Å². The molecule has 0 aromatic heterocycles. The molecule has 0 aliphatic rings. The first kappa shape index (κ1) is 36.6. The minimum Gasteiger partial charge on any atom is -0.382 e. The number of ether oxygens (including phenoxy) is 4. The van der Waals surface area contributed by atoms with Gasteiger partial charge in [-0.1, -0.05) is 22.3 Å². The minimum absolute atomic E-state index is 0. The Morgan fingerprint density at radius 1 is 0.579 bits per heavy atom. The number of rotatable bonds is 7. The summed E-state index contributed by atoms with van der Waals surface area (Å²) < 4.78 is 18.6. The zero-order chi connectivity index (χ0) is 13.1. The van der Waals surface area contributed by atoms with Gasteiger partial charge < -0.3 is 18.9 Å². The quantitative estimate of drug-likeness (QED) is 0.519. The fraction of sp³-hybridized carbons (Fsp3) is 1.00. The second kappa shape index (κ2) is 51.3. The van der Waals surface area contributed by atoms with Crippen LogP contribution in [0.5, 0.6) is 0 Å². The van der Waals surface area contributed by atoms with Gasteiger partial charge in [-0.2, -0.15) is 0 Å². The second-order valence-corrected chi connectivity index (χ2v) is 4.00. The van der Waals surface area contributed by atoms with Crippen LogP contribution >= 0.6 is 23.5 Å². The van der Waals surface area contributed by atoms with E-state index >= 15 is 0 Å². The summed E-state index contributed by atoms with van der Waals surface area (Å²) in [5.74, 6) is 1.61. The van der Waals surface area contributed by atoms with Gasteiger partial charge in [0, 0.05) is 28.4 Å². The van der Waals surface area contributed by atoms with Crippen molar-refractivity contribution in [3.63, 3.8) is 0 Å². The second-order valence-electron chi connectivity index (χ2n) is 2.38. The molecular formula is C13H38O4S2. The molecule has 0 saturated carbocycles. The molecule has 0 N–H and O–H groups in total. The van der Waals surface area contributed by atoms with Crippen molar-refractivity contribution in [3.8, 4) is 0 Å². The smallest absolute Gasteiger partial charge is 0.0914 e. The zero-order valence-electron chi connectivity index (χ0n) is 11.3. The number of hydrogen-bond acceptors (Lipinski definition) is 6. The number of hydrogen-bond donors (Lipinski definition) is 0. The van der Waals surface area contributed by atoms with Crippen LogP contribution in [-0.2, 0) is 18.9 Å². The third-order valence-corrected chi connectivity index (χ3v) is 1.91. The van der Waals surface area contributed by atoms with Crippen LogP contribution in [0.1, 0.15) is 22.3 Å². The van der Waals surface area contributed by atoms with Gasteiger partial charge in [0.15, 0.2) is 0 Å². The van der Waals surface area contributed by atoms with E-state index in [9.17, 15) is 0 Å². The van der Waals surface area contributed by atoms with E-state index in [0.29, 0.717) is 13.2 Å². The molecule has 4 nitrogen and oxygen atoms in total. The topological polar surface area (TPSA) is 36.9 Å². The van der Waals surface area contributed by atoms with E-state index in [4.69, 9.17) is 0 Å². The van der Waals surface area contributed by atoms with Crippen molar-refractivity contribution in [2.45, 2.75) is 22.3 Å². The van der Waals surface area contributed by atoms with E-state index in [1.807, 2.05) is 12.5 Å². The molecule has 0 aromatic rings. The molecule has 0 amide bonds. The lowest BCUT2D eigenvalue weighted by Gasteiger charge is -1.91. The fourth-order valence-corrected chi connectivity index (χ4v) is 0.874. The van der Waals surface area contributed by atoms with Gasteiger partial charge in [0.25, 0.3) is 0 Å². The maximum absolute atomic E-state index is 4.66. The number of methoxy groups -OCH3 is 4. The maximum Gasteiger partial charge on any atom is 0.0914 e. The Labute approximate surface area is 131 Å². The van der Waals surface area contributed by atoms with Crippen LogP contribution in [0, 0.1) is 0 Å². The molecule has 0 saturated heterocycles. The van der Waals surface area contributed by atoms with Gasteiger partial charge >= 0.3 is 0 Å².